The molecule has 5 heteroatoms. The minimum absolute atomic E-state index is 0.0950. The number of piperazine rings is 1. The van der Waals surface area contributed by atoms with Crippen molar-refractivity contribution in [3.05, 3.63) is 71.3 Å². The van der Waals surface area contributed by atoms with Gasteiger partial charge in [-0.2, -0.15) is 0 Å². The number of benzene rings is 2. The number of para-hydroxylation sites is 1. The van der Waals surface area contributed by atoms with E-state index in [0.29, 0.717) is 11.1 Å². The number of nitrogens with zero attached hydrogens (tertiary/aromatic N) is 3. The van der Waals surface area contributed by atoms with Gasteiger partial charge in [0.25, 0.3) is 0 Å². The van der Waals surface area contributed by atoms with Crippen molar-refractivity contribution in [3.8, 4) is 0 Å². The molecular formula is C24H28ClN3O. The fourth-order valence-corrected chi connectivity index (χ4v) is 4.52. The molecule has 2 fully saturated rings. The Labute approximate surface area is 178 Å². The quantitative estimate of drug-likeness (QED) is 0.709. The van der Waals surface area contributed by atoms with Gasteiger partial charge >= 0.3 is 0 Å². The predicted molar refractivity (Wildman–Crippen MR) is 120 cm³/mol. The normalized spacial score (nSPS) is 20.9. The summed E-state index contributed by atoms with van der Waals surface area (Å²) in [5.74, 6) is 0.0950. The van der Waals surface area contributed by atoms with Crippen molar-refractivity contribution in [2.24, 2.45) is 0 Å². The minimum atomic E-state index is 0.0950. The predicted octanol–water partition coefficient (Wildman–Crippen LogP) is 4.17. The Morgan fingerprint density at radius 2 is 1.76 bits per heavy atom. The number of amides is 1. The summed E-state index contributed by atoms with van der Waals surface area (Å²) in [6.07, 6.45) is 5.78. The molecule has 0 saturated carbocycles. The molecule has 2 aliphatic heterocycles. The highest BCUT2D eigenvalue weighted by atomic mass is 35.5. The Hall–Kier alpha value is -2.30. The van der Waals surface area contributed by atoms with Crippen LogP contribution in [0.5, 0.6) is 0 Å². The van der Waals surface area contributed by atoms with Gasteiger partial charge in [0.05, 0.1) is 0 Å². The Kier molecular flexibility index (Phi) is 6.53. The Morgan fingerprint density at radius 3 is 2.52 bits per heavy atom. The second kappa shape index (κ2) is 9.47. The Bertz CT molecular complexity index is 846. The highest BCUT2D eigenvalue weighted by Gasteiger charge is 2.29. The van der Waals surface area contributed by atoms with Crippen molar-refractivity contribution in [2.75, 3.05) is 44.2 Å². The third-order valence-electron chi connectivity index (χ3n) is 5.93. The van der Waals surface area contributed by atoms with E-state index in [4.69, 9.17) is 11.6 Å². The molecule has 0 radical (unpaired) electrons. The van der Waals surface area contributed by atoms with E-state index in [-0.39, 0.29) is 5.91 Å². The van der Waals surface area contributed by atoms with Gasteiger partial charge < -0.3 is 9.80 Å². The van der Waals surface area contributed by atoms with Crippen LogP contribution in [0.15, 0.2) is 60.7 Å². The lowest BCUT2D eigenvalue weighted by Gasteiger charge is -2.43. The van der Waals surface area contributed by atoms with E-state index in [9.17, 15) is 4.79 Å². The zero-order chi connectivity index (χ0) is 20.1. The van der Waals surface area contributed by atoms with Crippen LogP contribution in [0.25, 0.3) is 6.08 Å². The minimum Gasteiger partial charge on any atom is -0.369 e. The van der Waals surface area contributed by atoms with E-state index in [1.165, 1.54) is 12.1 Å². The number of hydrogen-bond acceptors (Lipinski definition) is 3. The molecule has 29 heavy (non-hydrogen) atoms. The molecule has 1 amide bonds. The highest BCUT2D eigenvalue weighted by molar-refractivity contribution is 6.30. The lowest BCUT2D eigenvalue weighted by Crippen LogP contribution is -2.55. The van der Waals surface area contributed by atoms with Crippen LogP contribution in [0.3, 0.4) is 0 Å². The van der Waals surface area contributed by atoms with Gasteiger partial charge in [0.2, 0.25) is 5.91 Å². The highest BCUT2D eigenvalue weighted by Crippen LogP contribution is 2.21. The van der Waals surface area contributed by atoms with Gasteiger partial charge in [-0.25, -0.2) is 0 Å². The molecule has 2 aliphatic rings. The van der Waals surface area contributed by atoms with Crippen LogP contribution >= 0.6 is 11.6 Å². The first kappa shape index (κ1) is 20.0. The molecule has 1 atom stereocenters. The van der Waals surface area contributed by atoms with Gasteiger partial charge in [-0.05, 0) is 48.7 Å². The van der Waals surface area contributed by atoms with E-state index >= 15 is 0 Å². The van der Waals surface area contributed by atoms with Crippen LogP contribution in [-0.2, 0) is 4.79 Å². The molecule has 2 aromatic carbocycles. The molecule has 2 heterocycles. The van der Waals surface area contributed by atoms with E-state index in [0.717, 1.165) is 51.3 Å². The van der Waals surface area contributed by atoms with Gasteiger partial charge in [-0.15, -0.1) is 0 Å². The zero-order valence-electron chi connectivity index (χ0n) is 16.7. The van der Waals surface area contributed by atoms with Crippen molar-refractivity contribution in [3.63, 3.8) is 0 Å². The van der Waals surface area contributed by atoms with Crippen LogP contribution in [0.2, 0.25) is 5.02 Å². The standard InChI is InChI=1S/C24H28ClN3O/c25-21-7-4-6-20(18-21)11-12-24(29)28-13-5-10-23(19-28)27-16-14-26(15-17-27)22-8-2-1-3-9-22/h1-4,6-9,11-12,18,23H,5,10,13-17,19H2. The average Bonchev–Trinajstić information content (AvgIpc) is 2.78. The number of carbonyl (C=O) groups excluding carboxylic acids is 1. The lowest BCUT2D eigenvalue weighted by atomic mass is 10.0. The lowest BCUT2D eigenvalue weighted by molar-refractivity contribution is -0.128. The number of likely N-dealkylation sites (tertiary alicyclic amines) is 1. The van der Waals surface area contributed by atoms with Crippen molar-refractivity contribution in [1.82, 2.24) is 9.80 Å². The molecule has 1 unspecified atom stereocenters. The Balaban J connectivity index is 1.31. The van der Waals surface area contributed by atoms with Gasteiger partial charge in [-0.1, -0.05) is 41.9 Å². The molecule has 0 spiro atoms. The molecule has 2 aromatic rings. The molecule has 4 rings (SSSR count). The van der Waals surface area contributed by atoms with E-state index in [1.807, 2.05) is 35.2 Å². The third-order valence-corrected chi connectivity index (χ3v) is 6.16. The number of rotatable bonds is 4. The molecule has 0 bridgehead atoms. The topological polar surface area (TPSA) is 26.8 Å². The molecule has 152 valence electrons. The van der Waals surface area contributed by atoms with Crippen molar-refractivity contribution in [1.29, 1.82) is 0 Å². The monoisotopic (exact) mass is 409 g/mol. The second-order valence-corrected chi connectivity index (χ2v) is 8.26. The summed E-state index contributed by atoms with van der Waals surface area (Å²) in [5, 5.41) is 0.687. The first-order valence-corrected chi connectivity index (χ1v) is 10.8. The summed E-state index contributed by atoms with van der Waals surface area (Å²) in [7, 11) is 0. The Morgan fingerprint density at radius 1 is 0.966 bits per heavy atom. The van der Waals surface area contributed by atoms with E-state index in [1.54, 1.807) is 6.08 Å². The van der Waals surface area contributed by atoms with Gasteiger partial charge in [0.15, 0.2) is 0 Å². The third kappa shape index (κ3) is 5.20. The first-order valence-electron chi connectivity index (χ1n) is 10.5. The summed E-state index contributed by atoms with van der Waals surface area (Å²) in [5.41, 5.74) is 2.26. The smallest absolute Gasteiger partial charge is 0.246 e. The van der Waals surface area contributed by atoms with Crippen LogP contribution in [0.4, 0.5) is 5.69 Å². The zero-order valence-corrected chi connectivity index (χ0v) is 17.5. The summed E-state index contributed by atoms with van der Waals surface area (Å²) in [6.45, 7) is 5.87. The maximum absolute atomic E-state index is 12.7. The summed E-state index contributed by atoms with van der Waals surface area (Å²) >= 11 is 6.03. The number of hydrogen-bond donors (Lipinski definition) is 0. The number of halogens is 1. The SMILES string of the molecule is O=C(C=Cc1cccc(Cl)c1)N1CCCC(N2CCN(c3ccccc3)CC2)C1. The summed E-state index contributed by atoms with van der Waals surface area (Å²) < 4.78 is 0. The molecule has 4 nitrogen and oxygen atoms in total. The first-order chi connectivity index (χ1) is 14.2. The van der Waals surface area contributed by atoms with E-state index in [2.05, 4.69) is 40.1 Å². The largest absolute Gasteiger partial charge is 0.369 e. The van der Waals surface area contributed by atoms with Crippen LogP contribution in [-0.4, -0.2) is 61.0 Å². The molecule has 0 aliphatic carbocycles. The summed E-state index contributed by atoms with van der Waals surface area (Å²) in [4.78, 5) is 19.7. The van der Waals surface area contributed by atoms with Crippen LogP contribution in [0.1, 0.15) is 18.4 Å². The van der Waals surface area contributed by atoms with Gasteiger partial charge in [0, 0.05) is 62.1 Å². The van der Waals surface area contributed by atoms with Crippen molar-refractivity contribution >= 4 is 29.3 Å². The molecule has 0 aromatic heterocycles. The van der Waals surface area contributed by atoms with Gasteiger partial charge in [0.1, 0.15) is 0 Å². The van der Waals surface area contributed by atoms with E-state index < -0.39 is 0 Å². The number of anilines is 1. The van der Waals surface area contributed by atoms with Gasteiger partial charge in [-0.3, -0.25) is 9.69 Å². The molecular weight excluding hydrogens is 382 g/mol. The van der Waals surface area contributed by atoms with Crippen LogP contribution < -0.4 is 4.90 Å². The maximum Gasteiger partial charge on any atom is 0.246 e. The van der Waals surface area contributed by atoms with Crippen molar-refractivity contribution in [2.45, 2.75) is 18.9 Å². The number of carbonyl (C=O) groups is 1. The average molecular weight is 410 g/mol. The fourth-order valence-electron chi connectivity index (χ4n) is 4.32. The number of piperidine rings is 1. The molecule has 2 saturated heterocycles. The molecule has 0 N–H and O–H groups in total. The second-order valence-electron chi connectivity index (χ2n) is 7.83. The fraction of sp³-hybridized carbons (Fsp3) is 0.375. The van der Waals surface area contributed by atoms with Crippen LogP contribution in [0, 0.1) is 0 Å². The summed E-state index contributed by atoms with van der Waals surface area (Å²) in [6, 6.07) is 18.7. The van der Waals surface area contributed by atoms with Crippen molar-refractivity contribution < 1.29 is 4.79 Å². The maximum atomic E-state index is 12.7.